The van der Waals surface area contributed by atoms with E-state index in [1.54, 1.807) is 13.8 Å². The lowest BCUT2D eigenvalue weighted by Crippen LogP contribution is -2.08. The van der Waals surface area contributed by atoms with Crippen LogP contribution in [0, 0.1) is 0 Å². The first-order valence-corrected chi connectivity index (χ1v) is 2.42. The third-order valence-corrected chi connectivity index (χ3v) is 0.460. The van der Waals surface area contributed by atoms with Gasteiger partial charge in [-0.2, -0.15) is 0 Å². The monoisotopic (exact) mass is 106 g/mol. The van der Waals surface area contributed by atoms with Crippen molar-refractivity contribution in [1.82, 2.24) is 0 Å². The van der Waals surface area contributed by atoms with E-state index in [1.807, 2.05) is 0 Å². The van der Waals surface area contributed by atoms with Gasteiger partial charge >= 0.3 is 0 Å². The van der Waals surface area contributed by atoms with Crippen LogP contribution < -0.4 is 0 Å². The van der Waals surface area contributed by atoms with Crippen molar-refractivity contribution < 1.29 is 9.13 Å². The van der Waals surface area contributed by atoms with E-state index in [0.29, 0.717) is 0 Å². The molecular weight excluding hydrogens is 95.1 g/mol. The molecule has 0 aliphatic heterocycles. The van der Waals surface area contributed by atoms with E-state index >= 15 is 0 Å². The first kappa shape index (κ1) is 6.89. The fourth-order valence-corrected chi connectivity index (χ4v) is 0.375. The summed E-state index contributed by atoms with van der Waals surface area (Å²) in [5.74, 6) is 0. The molecule has 1 unspecified atom stereocenters. The number of alkyl halides is 1. The Morgan fingerprint density at radius 2 is 1.71 bits per heavy atom. The van der Waals surface area contributed by atoms with Gasteiger partial charge < -0.3 is 4.74 Å². The molecule has 0 radical (unpaired) electrons. The Bertz CT molecular complexity index is 37.3. The Kier molecular flexibility index (Phi) is 2.92. The molecule has 0 aliphatic carbocycles. The Hall–Kier alpha value is -0.110. The number of rotatable bonds is 2. The Labute approximate surface area is 43.5 Å². The van der Waals surface area contributed by atoms with Crippen LogP contribution in [0.3, 0.4) is 0 Å². The van der Waals surface area contributed by atoms with Gasteiger partial charge in [0.05, 0.1) is 6.10 Å². The van der Waals surface area contributed by atoms with Gasteiger partial charge in [-0.05, 0) is 20.8 Å². The average Bonchev–Trinajstić information content (AvgIpc) is 1.27. The molecule has 0 aromatic rings. The van der Waals surface area contributed by atoms with Crippen LogP contribution in [0.2, 0.25) is 0 Å². The Balaban J connectivity index is 2.95. The molecule has 2 heteroatoms. The molecule has 0 spiro atoms. The molecule has 0 aromatic heterocycles. The van der Waals surface area contributed by atoms with E-state index in [4.69, 9.17) is 0 Å². The Morgan fingerprint density at radius 1 is 1.29 bits per heavy atom. The molecule has 44 valence electrons. The maximum Gasteiger partial charge on any atom is 0.196 e. The van der Waals surface area contributed by atoms with Gasteiger partial charge in [0.15, 0.2) is 6.36 Å². The van der Waals surface area contributed by atoms with E-state index in [-0.39, 0.29) is 6.10 Å². The largest absolute Gasteiger partial charge is 0.346 e. The minimum atomic E-state index is -1.13. The van der Waals surface area contributed by atoms with E-state index < -0.39 is 6.36 Å². The number of hydrogen-bond acceptors (Lipinski definition) is 1. The fraction of sp³-hybridized carbons (Fsp3) is 1.00. The molecule has 0 aromatic carbocycles. The summed E-state index contributed by atoms with van der Waals surface area (Å²) in [4.78, 5) is 0. The number of halogens is 1. The van der Waals surface area contributed by atoms with Crippen LogP contribution in [0.15, 0.2) is 0 Å². The maximum absolute atomic E-state index is 11.7. The van der Waals surface area contributed by atoms with Gasteiger partial charge in [-0.1, -0.05) is 0 Å². The minimum absolute atomic E-state index is 0.000000000000000222. The molecule has 0 N–H and O–H groups in total. The van der Waals surface area contributed by atoms with Crippen molar-refractivity contribution >= 4 is 0 Å². The van der Waals surface area contributed by atoms with Crippen molar-refractivity contribution in [2.75, 3.05) is 0 Å². The standard InChI is InChI=1S/C5H11FO/c1-4(2)7-5(3)6/h4-5H,1-3H3. The van der Waals surface area contributed by atoms with E-state index in [9.17, 15) is 4.39 Å². The highest BCUT2D eigenvalue weighted by Crippen LogP contribution is 1.95. The third kappa shape index (κ3) is 5.89. The van der Waals surface area contributed by atoms with Crippen molar-refractivity contribution in [3.05, 3.63) is 0 Å². The number of ether oxygens (including phenoxy) is 1. The van der Waals surface area contributed by atoms with Crippen molar-refractivity contribution in [3.8, 4) is 0 Å². The summed E-state index contributed by atoms with van der Waals surface area (Å²) >= 11 is 0. The zero-order valence-corrected chi connectivity index (χ0v) is 4.94. The normalized spacial score (nSPS) is 15.0. The predicted octanol–water partition coefficient (Wildman–Crippen LogP) is 1.73. The second-order valence-electron chi connectivity index (χ2n) is 1.73. The second-order valence-corrected chi connectivity index (χ2v) is 1.73. The highest BCUT2D eigenvalue weighted by molar-refractivity contribution is 4.34. The molecular formula is C5H11FO. The average molecular weight is 106 g/mol. The van der Waals surface area contributed by atoms with Gasteiger partial charge in [0.1, 0.15) is 0 Å². The molecule has 0 bridgehead atoms. The quantitative estimate of drug-likeness (QED) is 0.521. The lowest BCUT2D eigenvalue weighted by molar-refractivity contribution is -0.0586. The molecule has 7 heavy (non-hydrogen) atoms. The topological polar surface area (TPSA) is 9.23 Å². The summed E-state index contributed by atoms with van der Waals surface area (Å²) in [7, 11) is 0. The van der Waals surface area contributed by atoms with Crippen LogP contribution in [0.5, 0.6) is 0 Å². The van der Waals surface area contributed by atoms with Crippen molar-refractivity contribution in [2.24, 2.45) is 0 Å². The van der Waals surface area contributed by atoms with Crippen LogP contribution in [0.4, 0.5) is 4.39 Å². The SMILES string of the molecule is CC(C)OC(C)F. The lowest BCUT2D eigenvalue weighted by atomic mass is 10.5. The van der Waals surface area contributed by atoms with Gasteiger partial charge in [0, 0.05) is 0 Å². The molecule has 0 heterocycles. The highest BCUT2D eigenvalue weighted by Gasteiger charge is 1.97. The van der Waals surface area contributed by atoms with Gasteiger partial charge in [0.25, 0.3) is 0 Å². The van der Waals surface area contributed by atoms with Crippen molar-refractivity contribution in [1.29, 1.82) is 0 Å². The summed E-state index contributed by atoms with van der Waals surface area (Å²) in [5.41, 5.74) is 0. The molecule has 0 saturated heterocycles. The summed E-state index contributed by atoms with van der Waals surface area (Å²) in [6.07, 6.45) is -1.13. The minimum Gasteiger partial charge on any atom is -0.346 e. The molecule has 0 amide bonds. The zero-order valence-electron chi connectivity index (χ0n) is 4.94. The van der Waals surface area contributed by atoms with Crippen molar-refractivity contribution in [3.63, 3.8) is 0 Å². The predicted molar refractivity (Wildman–Crippen MR) is 26.8 cm³/mol. The van der Waals surface area contributed by atoms with Gasteiger partial charge in [0.2, 0.25) is 0 Å². The first-order valence-electron chi connectivity index (χ1n) is 2.42. The molecule has 1 atom stereocenters. The van der Waals surface area contributed by atoms with E-state index in [2.05, 4.69) is 4.74 Å². The van der Waals surface area contributed by atoms with Gasteiger partial charge in [-0.3, -0.25) is 0 Å². The zero-order chi connectivity index (χ0) is 5.86. The van der Waals surface area contributed by atoms with Gasteiger partial charge in [-0.25, -0.2) is 4.39 Å². The van der Waals surface area contributed by atoms with E-state index in [0.717, 1.165) is 0 Å². The third-order valence-electron chi connectivity index (χ3n) is 0.460. The van der Waals surface area contributed by atoms with Crippen LogP contribution in [-0.2, 0) is 4.74 Å². The Morgan fingerprint density at radius 3 is 1.71 bits per heavy atom. The summed E-state index contributed by atoms with van der Waals surface area (Å²) in [6, 6.07) is 0. The van der Waals surface area contributed by atoms with Crippen LogP contribution in [0.25, 0.3) is 0 Å². The molecule has 1 nitrogen and oxygen atoms in total. The second kappa shape index (κ2) is 2.97. The summed E-state index contributed by atoms with van der Waals surface area (Å²) in [5, 5.41) is 0. The molecule has 0 saturated carbocycles. The lowest BCUT2D eigenvalue weighted by Gasteiger charge is -2.06. The highest BCUT2D eigenvalue weighted by atomic mass is 19.1. The van der Waals surface area contributed by atoms with Crippen LogP contribution in [-0.4, -0.2) is 12.5 Å². The van der Waals surface area contributed by atoms with Crippen LogP contribution >= 0.6 is 0 Å². The smallest absolute Gasteiger partial charge is 0.196 e. The maximum atomic E-state index is 11.7. The van der Waals surface area contributed by atoms with E-state index in [1.165, 1.54) is 6.92 Å². The van der Waals surface area contributed by atoms with Crippen LogP contribution in [0.1, 0.15) is 20.8 Å². The molecule has 0 aliphatic rings. The first-order chi connectivity index (χ1) is 3.13. The van der Waals surface area contributed by atoms with Gasteiger partial charge in [-0.15, -0.1) is 0 Å². The fourth-order valence-electron chi connectivity index (χ4n) is 0.375. The summed E-state index contributed by atoms with van der Waals surface area (Å²) < 4.78 is 16.3. The number of hydrogen-bond donors (Lipinski definition) is 0. The summed E-state index contributed by atoms with van der Waals surface area (Å²) in [6.45, 7) is 4.98. The molecule has 0 fully saturated rings. The molecule has 0 rings (SSSR count). The van der Waals surface area contributed by atoms with Crippen molar-refractivity contribution in [2.45, 2.75) is 33.2 Å².